The molecule has 0 aromatic heterocycles. The van der Waals surface area contributed by atoms with E-state index in [4.69, 9.17) is 6.85 Å². The van der Waals surface area contributed by atoms with Crippen molar-refractivity contribution in [2.24, 2.45) is 0 Å². The van der Waals surface area contributed by atoms with Crippen LogP contribution in [-0.2, 0) is 9.53 Å². The molecule has 0 heterocycles. The quantitative estimate of drug-likeness (QED) is 0.182. The van der Waals surface area contributed by atoms with Gasteiger partial charge in [-0.3, -0.25) is 4.79 Å². The van der Waals surface area contributed by atoms with Crippen LogP contribution < -0.4 is 0 Å². The summed E-state index contributed by atoms with van der Waals surface area (Å²) in [5, 5.41) is 0. The van der Waals surface area contributed by atoms with Gasteiger partial charge in [0.15, 0.2) is 0 Å². The van der Waals surface area contributed by atoms with Gasteiger partial charge in [-0.2, -0.15) is 0 Å². The molecular formula is C20H38O2. The van der Waals surface area contributed by atoms with Gasteiger partial charge in [0.25, 0.3) is 0 Å². The highest BCUT2D eigenvalue weighted by Crippen LogP contribution is 2.10. The number of unbranched alkanes of at least 4 members (excludes halogenated alkanes) is 8. The first kappa shape index (κ1) is 13.6. The zero-order valence-electron chi connectivity index (χ0n) is 19.5. The van der Waals surface area contributed by atoms with Crippen LogP contribution in [0.5, 0.6) is 0 Å². The number of carbonyl (C=O) groups excluding carboxylic acids is 1. The molecule has 0 radical (unpaired) electrons. The number of hydrogen-bond acceptors (Lipinski definition) is 2. The second kappa shape index (κ2) is 18.3. The summed E-state index contributed by atoms with van der Waals surface area (Å²) in [7, 11) is 0. The molecule has 2 nitrogen and oxygen atoms in total. The zero-order chi connectivity index (χ0) is 20.8. The number of allylic oxidation sites excluding steroid dienone is 2. The van der Waals surface area contributed by atoms with E-state index in [0.717, 1.165) is 19.3 Å². The Kier molecular flexibility index (Phi) is 11.3. The molecule has 0 N–H and O–H groups in total. The Morgan fingerprint density at radius 1 is 0.909 bits per heavy atom. The molecule has 0 aliphatic carbocycles. The smallest absolute Gasteiger partial charge is 0.305 e. The molecule has 0 rings (SSSR count). The predicted octanol–water partition coefficient (Wildman–Crippen LogP) is 6.59. The minimum Gasteiger partial charge on any atom is -0.466 e. The van der Waals surface area contributed by atoms with Crippen LogP contribution in [0.2, 0.25) is 0 Å². The summed E-state index contributed by atoms with van der Waals surface area (Å²) < 4.78 is 43.8. The van der Waals surface area contributed by atoms with Crippen LogP contribution in [0.25, 0.3) is 0 Å². The summed E-state index contributed by atoms with van der Waals surface area (Å²) in [5.41, 5.74) is 0. The van der Waals surface area contributed by atoms with E-state index in [9.17, 15) is 4.79 Å². The molecule has 0 saturated carbocycles. The molecule has 0 aromatic carbocycles. The molecule has 130 valence electrons. The summed E-state index contributed by atoms with van der Waals surface area (Å²) in [6.45, 7) is 3.75. The third-order valence-electron chi connectivity index (χ3n) is 3.41. The minimum absolute atomic E-state index is 0.0117. The summed E-state index contributed by atoms with van der Waals surface area (Å²) in [6.07, 6.45) is 9.04. The van der Waals surface area contributed by atoms with E-state index in [1.54, 1.807) is 6.92 Å². The molecule has 0 aromatic rings. The Bertz CT molecular complexity index is 425. The number of rotatable bonds is 16. The van der Waals surface area contributed by atoms with Gasteiger partial charge in [0.1, 0.15) is 0 Å². The second-order valence-corrected chi connectivity index (χ2v) is 5.51. The van der Waals surface area contributed by atoms with Crippen molar-refractivity contribution >= 4 is 5.97 Å². The Morgan fingerprint density at radius 2 is 1.50 bits per heavy atom. The van der Waals surface area contributed by atoms with Crippen molar-refractivity contribution in [1.82, 2.24) is 0 Å². The lowest BCUT2D eigenvalue weighted by atomic mass is 10.1. The van der Waals surface area contributed by atoms with Crippen molar-refractivity contribution < 1.29 is 16.4 Å². The largest absolute Gasteiger partial charge is 0.466 e. The Balaban J connectivity index is 4.00. The van der Waals surface area contributed by atoms with Gasteiger partial charge in [-0.15, -0.1) is 0 Å². The third-order valence-corrected chi connectivity index (χ3v) is 3.41. The first-order chi connectivity index (χ1) is 12.7. The molecule has 1 atom stereocenters. The summed E-state index contributed by atoms with van der Waals surface area (Å²) in [5.74, 6) is -1.23. The highest BCUT2D eigenvalue weighted by atomic mass is 16.5. The van der Waals surface area contributed by atoms with Gasteiger partial charge in [-0.05, 0) is 39.0 Å². The van der Waals surface area contributed by atoms with Gasteiger partial charge in [0.2, 0.25) is 0 Å². The van der Waals surface area contributed by atoms with Crippen molar-refractivity contribution in [3.8, 4) is 0 Å². The van der Waals surface area contributed by atoms with Crippen molar-refractivity contribution in [1.29, 1.82) is 0 Å². The second-order valence-electron chi connectivity index (χ2n) is 5.51. The zero-order valence-corrected chi connectivity index (χ0v) is 14.5. The van der Waals surface area contributed by atoms with Gasteiger partial charge in [-0.25, -0.2) is 0 Å². The summed E-state index contributed by atoms with van der Waals surface area (Å²) in [6, 6.07) is 0. The van der Waals surface area contributed by atoms with Crippen LogP contribution in [0.15, 0.2) is 12.2 Å². The molecule has 0 bridgehead atoms. The molecule has 1 unspecified atom stereocenters. The highest BCUT2D eigenvalue weighted by Gasteiger charge is 2.00. The average Bonchev–Trinajstić information content (AvgIpc) is 2.62. The van der Waals surface area contributed by atoms with E-state index < -0.39 is 25.1 Å². The maximum atomic E-state index is 11.7. The highest BCUT2D eigenvalue weighted by molar-refractivity contribution is 5.69. The summed E-state index contributed by atoms with van der Waals surface area (Å²) >= 11 is 0. The fourth-order valence-electron chi connectivity index (χ4n) is 2.14. The van der Waals surface area contributed by atoms with Gasteiger partial charge < -0.3 is 4.74 Å². The van der Waals surface area contributed by atoms with E-state index in [0.29, 0.717) is 6.42 Å². The molecule has 0 aliphatic rings. The molecule has 0 amide bonds. The van der Waals surface area contributed by atoms with Crippen LogP contribution in [0.1, 0.15) is 110 Å². The molecular weight excluding hydrogens is 272 g/mol. The fourth-order valence-corrected chi connectivity index (χ4v) is 2.14. The molecule has 2 heteroatoms. The lowest BCUT2D eigenvalue weighted by Crippen LogP contribution is -2.03. The van der Waals surface area contributed by atoms with E-state index in [1.165, 1.54) is 38.5 Å². The molecule has 0 spiro atoms. The van der Waals surface area contributed by atoms with Crippen molar-refractivity contribution in [3.63, 3.8) is 0 Å². The lowest BCUT2D eigenvalue weighted by molar-refractivity contribution is -0.143. The first-order valence-electron chi connectivity index (χ1n) is 11.5. The number of carbonyl (C=O) groups is 1. The molecule has 0 saturated heterocycles. The predicted molar refractivity (Wildman–Crippen MR) is 96.1 cm³/mol. The van der Waals surface area contributed by atoms with Crippen LogP contribution >= 0.6 is 0 Å². The average molecular weight is 316 g/mol. The van der Waals surface area contributed by atoms with Gasteiger partial charge >= 0.3 is 5.97 Å². The number of esters is 1. The van der Waals surface area contributed by atoms with Gasteiger partial charge in [0.05, 0.1) is 6.61 Å². The first-order valence-corrected chi connectivity index (χ1v) is 8.96. The Labute approximate surface area is 145 Å². The maximum absolute atomic E-state index is 11.7. The van der Waals surface area contributed by atoms with Crippen LogP contribution in [0.3, 0.4) is 0 Å². The van der Waals surface area contributed by atoms with Crippen LogP contribution in [0, 0.1) is 0 Å². The van der Waals surface area contributed by atoms with Crippen molar-refractivity contribution in [2.45, 2.75) is 104 Å². The SMILES string of the molecule is [2H]C(CCCC/C=C\CCCCCCCC)C([2H])([2H])C([2H])([2H])C(=O)OCC. The van der Waals surface area contributed by atoms with Gasteiger partial charge in [-0.1, -0.05) is 70.4 Å². The van der Waals surface area contributed by atoms with Crippen molar-refractivity contribution in [3.05, 3.63) is 12.2 Å². The van der Waals surface area contributed by atoms with Crippen molar-refractivity contribution in [2.75, 3.05) is 6.61 Å². The van der Waals surface area contributed by atoms with Crippen LogP contribution in [0.4, 0.5) is 0 Å². The Hall–Kier alpha value is -0.790. The third kappa shape index (κ3) is 17.3. The topological polar surface area (TPSA) is 26.3 Å². The molecule has 0 aliphatic heterocycles. The van der Waals surface area contributed by atoms with E-state index in [-0.39, 0.29) is 13.0 Å². The number of hydrogen-bond donors (Lipinski definition) is 0. The maximum Gasteiger partial charge on any atom is 0.305 e. The Morgan fingerprint density at radius 3 is 2.14 bits per heavy atom. The van der Waals surface area contributed by atoms with E-state index >= 15 is 0 Å². The van der Waals surface area contributed by atoms with E-state index in [1.807, 2.05) is 0 Å². The minimum atomic E-state index is -2.81. The van der Waals surface area contributed by atoms with Crippen LogP contribution in [-0.4, -0.2) is 12.6 Å². The fraction of sp³-hybridized carbons (Fsp3) is 0.850. The molecule has 0 fully saturated rings. The lowest BCUT2D eigenvalue weighted by Gasteiger charge is -2.01. The molecule has 22 heavy (non-hydrogen) atoms. The summed E-state index contributed by atoms with van der Waals surface area (Å²) in [4.78, 5) is 11.7. The standard InChI is InChI=1S/C20H38O2/c1-3-5-6-7-8-9-10-11-12-13-14-15-16-17-18-19-20(21)22-4-2/h11-12H,3-10,13-19H2,1-2H3/b12-11-/i17D,18D2,19D2. The normalized spacial score (nSPS) is 17.3. The van der Waals surface area contributed by atoms with E-state index in [2.05, 4.69) is 23.8 Å². The number of ether oxygens (including phenoxy) is 1. The van der Waals surface area contributed by atoms with Gasteiger partial charge in [0, 0.05) is 13.2 Å². The monoisotopic (exact) mass is 315 g/mol.